The number of alkyl halides is 1. The van der Waals surface area contributed by atoms with E-state index < -0.39 is 0 Å². The lowest BCUT2D eigenvalue weighted by Crippen LogP contribution is -1.98. The second-order valence-electron chi connectivity index (χ2n) is 3.77. The van der Waals surface area contributed by atoms with E-state index in [1.165, 1.54) is 0 Å². The Hall–Kier alpha value is -1.75. The first-order chi connectivity index (χ1) is 9.28. The van der Waals surface area contributed by atoms with Crippen LogP contribution in [0.4, 0.5) is 0 Å². The molecule has 102 valence electrons. The van der Waals surface area contributed by atoms with Gasteiger partial charge >= 0.3 is 0 Å². The molecule has 0 bridgehead atoms. The quantitative estimate of drug-likeness (QED) is 0.827. The summed E-state index contributed by atoms with van der Waals surface area (Å²) in [6.07, 6.45) is 0. The number of nitrogens with one attached hydrogen (secondary N) is 1. The average molecular weight is 282 g/mol. The minimum Gasteiger partial charge on any atom is -0.490 e. The summed E-state index contributed by atoms with van der Waals surface area (Å²) in [5.74, 6) is 2.96. The monoisotopic (exact) mass is 281 g/mol. The van der Waals surface area contributed by atoms with Gasteiger partial charge < -0.3 is 9.47 Å². The number of hydrogen-bond donors (Lipinski definition) is 1. The van der Waals surface area contributed by atoms with Gasteiger partial charge in [-0.05, 0) is 32.0 Å². The third-order valence-electron chi connectivity index (χ3n) is 2.46. The zero-order chi connectivity index (χ0) is 13.7. The topological polar surface area (TPSA) is 60.0 Å². The van der Waals surface area contributed by atoms with Crippen LogP contribution in [-0.4, -0.2) is 28.4 Å². The van der Waals surface area contributed by atoms with Crippen molar-refractivity contribution >= 4 is 11.6 Å². The molecule has 5 nitrogen and oxygen atoms in total. The van der Waals surface area contributed by atoms with E-state index in [1.807, 2.05) is 32.0 Å². The van der Waals surface area contributed by atoms with Crippen LogP contribution < -0.4 is 9.47 Å². The Morgan fingerprint density at radius 3 is 2.53 bits per heavy atom. The fourth-order valence-corrected chi connectivity index (χ4v) is 1.79. The van der Waals surface area contributed by atoms with Crippen molar-refractivity contribution in [2.45, 2.75) is 19.7 Å². The smallest absolute Gasteiger partial charge is 0.181 e. The maximum atomic E-state index is 5.70. The molecule has 0 saturated carbocycles. The minimum atomic E-state index is 0.308. The van der Waals surface area contributed by atoms with E-state index in [0.717, 1.165) is 11.3 Å². The van der Waals surface area contributed by atoms with E-state index in [-0.39, 0.29) is 0 Å². The molecule has 0 saturated heterocycles. The molecule has 0 atom stereocenters. The summed E-state index contributed by atoms with van der Waals surface area (Å²) in [4.78, 5) is 4.28. The molecule has 2 rings (SSSR count). The zero-order valence-corrected chi connectivity index (χ0v) is 11.7. The van der Waals surface area contributed by atoms with Crippen LogP contribution in [0, 0.1) is 0 Å². The molecule has 0 aliphatic heterocycles. The summed E-state index contributed by atoms with van der Waals surface area (Å²) in [5, 5.41) is 6.90. The van der Waals surface area contributed by atoms with Gasteiger partial charge in [0.05, 0.1) is 19.1 Å². The Kier molecular flexibility index (Phi) is 4.63. The number of ether oxygens (including phenoxy) is 2. The highest BCUT2D eigenvalue weighted by Gasteiger charge is 2.10. The van der Waals surface area contributed by atoms with Crippen LogP contribution in [0.2, 0.25) is 0 Å². The van der Waals surface area contributed by atoms with Crippen molar-refractivity contribution < 1.29 is 9.47 Å². The van der Waals surface area contributed by atoms with Crippen molar-refractivity contribution in [1.82, 2.24) is 15.2 Å². The third-order valence-corrected chi connectivity index (χ3v) is 2.71. The van der Waals surface area contributed by atoms with Crippen molar-refractivity contribution in [2.24, 2.45) is 0 Å². The molecule has 0 amide bonds. The van der Waals surface area contributed by atoms with Crippen LogP contribution >= 0.6 is 11.6 Å². The lowest BCUT2D eigenvalue weighted by Gasteiger charge is -2.11. The van der Waals surface area contributed by atoms with Crippen molar-refractivity contribution in [1.29, 1.82) is 0 Å². The maximum absolute atomic E-state index is 5.70. The van der Waals surface area contributed by atoms with Gasteiger partial charge in [-0.2, -0.15) is 5.10 Å². The summed E-state index contributed by atoms with van der Waals surface area (Å²) >= 11 is 5.70. The van der Waals surface area contributed by atoms with Crippen LogP contribution in [-0.2, 0) is 5.88 Å². The molecule has 0 fully saturated rings. The summed E-state index contributed by atoms with van der Waals surface area (Å²) < 4.78 is 11.1. The summed E-state index contributed by atoms with van der Waals surface area (Å²) in [6, 6.07) is 5.63. The van der Waals surface area contributed by atoms with Gasteiger partial charge in [0.1, 0.15) is 5.82 Å². The Morgan fingerprint density at radius 1 is 1.16 bits per heavy atom. The molecule has 0 radical (unpaired) electrons. The standard InChI is InChI=1S/C13H16ClN3O2/c1-3-18-10-6-5-9(7-11(10)19-4-2)13-15-12(8-14)16-17-13/h5-7H,3-4,8H2,1-2H3,(H,15,16,17). The second kappa shape index (κ2) is 6.43. The molecular formula is C13H16ClN3O2. The summed E-state index contributed by atoms with van der Waals surface area (Å²) in [6.45, 7) is 5.04. The van der Waals surface area contributed by atoms with Gasteiger partial charge in [-0.15, -0.1) is 11.6 Å². The molecular weight excluding hydrogens is 266 g/mol. The Balaban J connectivity index is 2.33. The van der Waals surface area contributed by atoms with Crippen LogP contribution in [0.5, 0.6) is 11.5 Å². The highest BCUT2D eigenvalue weighted by Crippen LogP contribution is 2.31. The van der Waals surface area contributed by atoms with Crippen molar-refractivity contribution in [3.63, 3.8) is 0 Å². The summed E-state index contributed by atoms with van der Waals surface area (Å²) in [5.41, 5.74) is 0.861. The van der Waals surface area contributed by atoms with E-state index in [2.05, 4.69) is 15.2 Å². The number of aromatic nitrogens is 3. The normalized spacial score (nSPS) is 10.5. The zero-order valence-electron chi connectivity index (χ0n) is 10.9. The lowest BCUT2D eigenvalue weighted by molar-refractivity contribution is 0.288. The molecule has 0 unspecified atom stereocenters. The summed E-state index contributed by atoms with van der Waals surface area (Å²) in [7, 11) is 0. The molecule has 1 aromatic carbocycles. The molecule has 19 heavy (non-hydrogen) atoms. The van der Waals surface area contributed by atoms with Crippen molar-refractivity contribution in [2.75, 3.05) is 13.2 Å². The van der Waals surface area contributed by atoms with E-state index >= 15 is 0 Å². The molecule has 0 aliphatic carbocycles. The molecule has 0 spiro atoms. The maximum Gasteiger partial charge on any atom is 0.181 e. The lowest BCUT2D eigenvalue weighted by atomic mass is 10.2. The van der Waals surface area contributed by atoms with Crippen molar-refractivity contribution in [3.8, 4) is 22.9 Å². The van der Waals surface area contributed by atoms with Crippen LogP contribution in [0.15, 0.2) is 18.2 Å². The van der Waals surface area contributed by atoms with Gasteiger partial charge in [0.15, 0.2) is 17.3 Å². The Bertz CT molecular complexity index is 542. The van der Waals surface area contributed by atoms with Crippen molar-refractivity contribution in [3.05, 3.63) is 24.0 Å². The largest absolute Gasteiger partial charge is 0.490 e. The van der Waals surface area contributed by atoms with Crippen LogP contribution in [0.25, 0.3) is 11.4 Å². The number of nitrogens with zero attached hydrogens (tertiary/aromatic N) is 2. The predicted molar refractivity (Wildman–Crippen MR) is 73.7 cm³/mol. The van der Waals surface area contributed by atoms with E-state index in [9.17, 15) is 0 Å². The predicted octanol–water partition coefficient (Wildman–Crippen LogP) is 3.01. The van der Waals surface area contributed by atoms with Gasteiger partial charge in [-0.25, -0.2) is 4.98 Å². The number of hydrogen-bond acceptors (Lipinski definition) is 4. The van der Waals surface area contributed by atoms with E-state index in [1.54, 1.807) is 0 Å². The van der Waals surface area contributed by atoms with E-state index in [0.29, 0.717) is 36.5 Å². The van der Waals surface area contributed by atoms with Gasteiger partial charge in [0, 0.05) is 5.56 Å². The molecule has 1 aromatic heterocycles. The number of rotatable bonds is 6. The van der Waals surface area contributed by atoms with Gasteiger partial charge in [0.25, 0.3) is 0 Å². The Morgan fingerprint density at radius 2 is 1.89 bits per heavy atom. The highest BCUT2D eigenvalue weighted by atomic mass is 35.5. The van der Waals surface area contributed by atoms with Gasteiger partial charge in [-0.1, -0.05) is 0 Å². The first-order valence-corrected chi connectivity index (χ1v) is 6.69. The van der Waals surface area contributed by atoms with Gasteiger partial charge in [-0.3, -0.25) is 5.10 Å². The Labute approximate surface area is 116 Å². The first kappa shape index (κ1) is 13.7. The van der Waals surface area contributed by atoms with E-state index in [4.69, 9.17) is 21.1 Å². The second-order valence-corrected chi connectivity index (χ2v) is 4.03. The third kappa shape index (κ3) is 3.17. The first-order valence-electron chi connectivity index (χ1n) is 6.15. The number of aromatic amines is 1. The SMILES string of the molecule is CCOc1ccc(-c2n[nH]c(CCl)n2)cc1OCC. The van der Waals surface area contributed by atoms with Gasteiger partial charge in [0.2, 0.25) is 0 Å². The van der Waals surface area contributed by atoms with Crippen LogP contribution in [0.3, 0.4) is 0 Å². The molecule has 6 heteroatoms. The fraction of sp³-hybridized carbons (Fsp3) is 0.385. The fourth-order valence-electron chi connectivity index (χ4n) is 1.67. The number of halogens is 1. The molecule has 1 heterocycles. The number of H-pyrrole nitrogens is 1. The highest BCUT2D eigenvalue weighted by molar-refractivity contribution is 6.16. The number of benzene rings is 1. The molecule has 0 aliphatic rings. The molecule has 2 aromatic rings. The molecule has 1 N–H and O–H groups in total. The van der Waals surface area contributed by atoms with Crippen LogP contribution in [0.1, 0.15) is 19.7 Å². The minimum absolute atomic E-state index is 0.308. The average Bonchev–Trinajstić information content (AvgIpc) is 2.90.